The molecule has 0 aliphatic carbocycles. The van der Waals surface area contributed by atoms with E-state index in [4.69, 9.17) is 11.6 Å². The van der Waals surface area contributed by atoms with Crippen LogP contribution in [0.25, 0.3) is 11.3 Å². The number of aromatic nitrogens is 2. The predicted molar refractivity (Wildman–Crippen MR) is 92.3 cm³/mol. The molecule has 0 amide bonds. The van der Waals surface area contributed by atoms with E-state index in [1.54, 1.807) is 30.3 Å². The van der Waals surface area contributed by atoms with E-state index < -0.39 is 11.9 Å². The third-order valence-corrected chi connectivity index (χ3v) is 3.92. The number of anilines is 1. The summed E-state index contributed by atoms with van der Waals surface area (Å²) in [6, 6.07) is 13.5. The Balaban J connectivity index is 1.63. The molecular weight excluding hydrogens is 348 g/mol. The van der Waals surface area contributed by atoms with E-state index in [9.17, 15) is 13.9 Å². The van der Waals surface area contributed by atoms with Gasteiger partial charge in [0, 0.05) is 12.1 Å². The van der Waals surface area contributed by atoms with Gasteiger partial charge in [0.15, 0.2) is 0 Å². The van der Waals surface area contributed by atoms with Gasteiger partial charge in [-0.2, -0.15) is 0 Å². The summed E-state index contributed by atoms with van der Waals surface area (Å²) in [4.78, 5) is 0. The standard InChI is InChI=1S/C18H14ClF2N3O/c19-14-6-3-12(9-15(14)21)17(25)10-22-18-8-7-16(23-24-18)11-1-4-13(20)5-2-11/h1-9,17,25H,10H2,(H,22,24). The maximum atomic E-state index is 13.4. The van der Waals surface area contributed by atoms with E-state index in [0.29, 0.717) is 17.1 Å². The van der Waals surface area contributed by atoms with Crippen LogP contribution < -0.4 is 5.32 Å². The zero-order valence-corrected chi connectivity index (χ0v) is 13.7. The average molecular weight is 362 g/mol. The molecule has 0 radical (unpaired) electrons. The molecule has 4 nitrogen and oxygen atoms in total. The molecule has 3 rings (SSSR count). The maximum absolute atomic E-state index is 13.4. The zero-order chi connectivity index (χ0) is 17.8. The molecule has 1 aromatic heterocycles. The van der Waals surface area contributed by atoms with Gasteiger partial charge in [-0.25, -0.2) is 8.78 Å². The van der Waals surface area contributed by atoms with Crippen LogP contribution in [0, 0.1) is 11.6 Å². The number of aliphatic hydroxyl groups excluding tert-OH is 1. The van der Waals surface area contributed by atoms with Crippen molar-refractivity contribution in [3.05, 3.63) is 76.8 Å². The predicted octanol–water partition coefficient (Wildman–Crippen LogP) is 4.22. The monoisotopic (exact) mass is 361 g/mol. The first kappa shape index (κ1) is 17.3. The lowest BCUT2D eigenvalue weighted by Gasteiger charge is -2.13. The molecule has 1 unspecified atom stereocenters. The number of hydrogen-bond acceptors (Lipinski definition) is 4. The second-order valence-corrected chi connectivity index (χ2v) is 5.79. The molecule has 0 saturated carbocycles. The van der Waals surface area contributed by atoms with Crippen molar-refractivity contribution in [3.8, 4) is 11.3 Å². The second-order valence-electron chi connectivity index (χ2n) is 5.38. The highest BCUT2D eigenvalue weighted by molar-refractivity contribution is 6.30. The topological polar surface area (TPSA) is 58.0 Å². The van der Waals surface area contributed by atoms with Crippen molar-refractivity contribution < 1.29 is 13.9 Å². The van der Waals surface area contributed by atoms with E-state index in [-0.39, 0.29) is 17.4 Å². The molecule has 2 N–H and O–H groups in total. The average Bonchev–Trinajstić information content (AvgIpc) is 2.63. The molecule has 0 bridgehead atoms. The summed E-state index contributed by atoms with van der Waals surface area (Å²) in [5, 5.41) is 21.1. The summed E-state index contributed by atoms with van der Waals surface area (Å²) in [7, 11) is 0. The van der Waals surface area contributed by atoms with Crippen LogP contribution in [0.1, 0.15) is 11.7 Å². The van der Waals surface area contributed by atoms with E-state index in [1.165, 1.54) is 24.3 Å². The number of benzene rings is 2. The highest BCUT2D eigenvalue weighted by Crippen LogP contribution is 2.21. The normalized spacial score (nSPS) is 12.0. The smallest absolute Gasteiger partial charge is 0.148 e. The van der Waals surface area contributed by atoms with Crippen LogP contribution in [0.2, 0.25) is 5.02 Å². The first-order chi connectivity index (χ1) is 12.0. The molecule has 25 heavy (non-hydrogen) atoms. The Hall–Kier alpha value is -2.57. The molecule has 3 aromatic rings. The maximum Gasteiger partial charge on any atom is 0.148 e. The molecule has 1 atom stereocenters. The molecule has 128 valence electrons. The molecule has 2 aromatic carbocycles. The Labute approximate surface area is 148 Å². The van der Waals surface area contributed by atoms with Crippen molar-refractivity contribution in [2.75, 3.05) is 11.9 Å². The van der Waals surface area contributed by atoms with Crippen molar-refractivity contribution in [1.29, 1.82) is 0 Å². The lowest BCUT2D eigenvalue weighted by atomic mass is 10.1. The van der Waals surface area contributed by atoms with Crippen molar-refractivity contribution in [2.24, 2.45) is 0 Å². The molecule has 0 aliphatic rings. The highest BCUT2D eigenvalue weighted by atomic mass is 35.5. The number of nitrogens with one attached hydrogen (secondary N) is 1. The van der Waals surface area contributed by atoms with Crippen LogP contribution in [0.5, 0.6) is 0 Å². The van der Waals surface area contributed by atoms with Gasteiger partial charge in [-0.05, 0) is 54.1 Å². The number of aliphatic hydroxyl groups is 1. The molecule has 0 fully saturated rings. The van der Waals surface area contributed by atoms with Crippen molar-refractivity contribution in [2.45, 2.75) is 6.10 Å². The summed E-state index contributed by atoms with van der Waals surface area (Å²) in [6.45, 7) is 0.131. The van der Waals surface area contributed by atoms with Gasteiger partial charge in [0.1, 0.15) is 17.5 Å². The largest absolute Gasteiger partial charge is 0.387 e. The second kappa shape index (κ2) is 7.55. The van der Waals surface area contributed by atoms with Gasteiger partial charge in [0.25, 0.3) is 0 Å². The lowest BCUT2D eigenvalue weighted by Crippen LogP contribution is -2.13. The quantitative estimate of drug-likeness (QED) is 0.714. The van der Waals surface area contributed by atoms with Crippen LogP contribution in [0.3, 0.4) is 0 Å². The Kier molecular flexibility index (Phi) is 5.21. The molecule has 0 saturated heterocycles. The van der Waals surface area contributed by atoms with Crippen molar-refractivity contribution >= 4 is 17.4 Å². The van der Waals surface area contributed by atoms with Gasteiger partial charge >= 0.3 is 0 Å². The third-order valence-electron chi connectivity index (χ3n) is 3.61. The molecule has 7 heteroatoms. The van der Waals surface area contributed by atoms with Crippen LogP contribution in [-0.2, 0) is 0 Å². The third kappa shape index (κ3) is 4.29. The van der Waals surface area contributed by atoms with Crippen LogP contribution >= 0.6 is 11.6 Å². The summed E-state index contributed by atoms with van der Waals surface area (Å²) in [5.74, 6) is -0.441. The van der Waals surface area contributed by atoms with Gasteiger partial charge in [0.05, 0.1) is 16.8 Å². The molecule has 0 aliphatic heterocycles. The number of nitrogens with zero attached hydrogens (tertiary/aromatic N) is 2. The van der Waals surface area contributed by atoms with Crippen molar-refractivity contribution in [3.63, 3.8) is 0 Å². The number of halogens is 3. The fraction of sp³-hybridized carbons (Fsp3) is 0.111. The van der Waals surface area contributed by atoms with E-state index in [1.807, 2.05) is 0 Å². The molecule has 0 spiro atoms. The summed E-state index contributed by atoms with van der Waals surface area (Å²) in [6.07, 6.45) is -0.926. The Morgan fingerprint density at radius 1 is 1.00 bits per heavy atom. The summed E-state index contributed by atoms with van der Waals surface area (Å²) in [5.41, 5.74) is 1.76. The first-order valence-corrected chi connectivity index (χ1v) is 7.87. The highest BCUT2D eigenvalue weighted by Gasteiger charge is 2.11. The number of hydrogen-bond donors (Lipinski definition) is 2. The molecular formula is C18H14ClF2N3O. The van der Waals surface area contributed by atoms with Gasteiger partial charge in [-0.15, -0.1) is 10.2 Å². The molecule has 1 heterocycles. The Morgan fingerprint density at radius 2 is 1.76 bits per heavy atom. The lowest BCUT2D eigenvalue weighted by molar-refractivity contribution is 0.191. The van der Waals surface area contributed by atoms with Gasteiger partial charge in [-0.3, -0.25) is 0 Å². The van der Waals surface area contributed by atoms with E-state index in [2.05, 4.69) is 15.5 Å². The fourth-order valence-corrected chi connectivity index (χ4v) is 2.36. The minimum atomic E-state index is -0.926. The Morgan fingerprint density at radius 3 is 2.40 bits per heavy atom. The van der Waals surface area contributed by atoms with Gasteiger partial charge in [0.2, 0.25) is 0 Å². The fourth-order valence-electron chi connectivity index (χ4n) is 2.24. The number of rotatable bonds is 5. The summed E-state index contributed by atoms with van der Waals surface area (Å²) < 4.78 is 26.4. The zero-order valence-electron chi connectivity index (χ0n) is 13.0. The van der Waals surface area contributed by atoms with E-state index in [0.717, 1.165) is 5.56 Å². The van der Waals surface area contributed by atoms with Gasteiger partial charge in [-0.1, -0.05) is 17.7 Å². The van der Waals surface area contributed by atoms with E-state index >= 15 is 0 Å². The first-order valence-electron chi connectivity index (χ1n) is 7.49. The van der Waals surface area contributed by atoms with Crippen LogP contribution in [0.15, 0.2) is 54.6 Å². The SMILES string of the molecule is OC(CNc1ccc(-c2ccc(F)cc2)nn1)c1ccc(Cl)c(F)c1. The van der Waals surface area contributed by atoms with Crippen LogP contribution in [0.4, 0.5) is 14.6 Å². The minimum Gasteiger partial charge on any atom is -0.387 e. The van der Waals surface area contributed by atoms with Crippen LogP contribution in [-0.4, -0.2) is 21.8 Å². The van der Waals surface area contributed by atoms with Gasteiger partial charge < -0.3 is 10.4 Å². The summed E-state index contributed by atoms with van der Waals surface area (Å²) >= 11 is 5.62. The minimum absolute atomic E-state index is 0.00570. The van der Waals surface area contributed by atoms with Crippen molar-refractivity contribution in [1.82, 2.24) is 10.2 Å². The Bertz CT molecular complexity index is 857.